The minimum atomic E-state index is -0.416. The highest BCUT2D eigenvalue weighted by molar-refractivity contribution is 9.10. The molecule has 0 radical (unpaired) electrons. The number of carbonyl (C=O) groups excluding carboxylic acids is 1. The van der Waals surface area contributed by atoms with Crippen LogP contribution in [0.2, 0.25) is 0 Å². The van der Waals surface area contributed by atoms with Gasteiger partial charge in [0.2, 0.25) is 5.91 Å². The lowest BCUT2D eigenvalue weighted by molar-refractivity contribution is -0.123. The summed E-state index contributed by atoms with van der Waals surface area (Å²) < 4.78 is 6.34. The zero-order valence-corrected chi connectivity index (χ0v) is 15.1. The molecule has 1 saturated heterocycles. The Morgan fingerprint density at radius 1 is 1.27 bits per heavy atom. The van der Waals surface area contributed by atoms with E-state index in [1.54, 1.807) is 0 Å². The number of nitrogens with one attached hydrogen (secondary N) is 2. The Kier molecular flexibility index (Phi) is 5.87. The van der Waals surface area contributed by atoms with E-state index < -0.39 is 5.41 Å². The van der Waals surface area contributed by atoms with E-state index in [-0.39, 0.29) is 5.91 Å². The second-order valence-corrected chi connectivity index (χ2v) is 7.75. The van der Waals surface area contributed by atoms with Crippen molar-refractivity contribution in [1.82, 2.24) is 0 Å². The Morgan fingerprint density at radius 3 is 2.59 bits per heavy atom. The third kappa shape index (κ3) is 4.99. The number of anilines is 2. The van der Waals surface area contributed by atoms with Gasteiger partial charge in [-0.25, -0.2) is 0 Å². The number of halogens is 1. The quantitative estimate of drug-likeness (QED) is 0.833. The molecular formula is C17H25BrN2O2. The van der Waals surface area contributed by atoms with Gasteiger partial charge in [-0.3, -0.25) is 4.79 Å². The zero-order chi connectivity index (χ0) is 16.2. The van der Waals surface area contributed by atoms with Gasteiger partial charge in [0.1, 0.15) is 0 Å². The van der Waals surface area contributed by atoms with Crippen LogP contribution in [0.1, 0.15) is 33.6 Å². The van der Waals surface area contributed by atoms with Crippen LogP contribution < -0.4 is 10.6 Å². The number of carbonyl (C=O) groups is 1. The fourth-order valence-corrected chi connectivity index (χ4v) is 2.65. The average Bonchev–Trinajstić information content (AvgIpc) is 2.46. The maximum absolute atomic E-state index is 12.2. The van der Waals surface area contributed by atoms with Gasteiger partial charge < -0.3 is 15.4 Å². The van der Waals surface area contributed by atoms with Crippen molar-refractivity contribution < 1.29 is 9.53 Å². The van der Waals surface area contributed by atoms with E-state index in [1.807, 2.05) is 39.0 Å². The molecule has 0 atom stereocenters. The van der Waals surface area contributed by atoms with Crippen LogP contribution in [0.4, 0.5) is 11.4 Å². The molecule has 2 N–H and O–H groups in total. The molecule has 1 fully saturated rings. The van der Waals surface area contributed by atoms with Gasteiger partial charge in [-0.1, -0.05) is 36.7 Å². The number of rotatable bonds is 4. The second-order valence-electron chi connectivity index (χ2n) is 6.83. The summed E-state index contributed by atoms with van der Waals surface area (Å²) in [4.78, 5) is 12.2. The van der Waals surface area contributed by atoms with Crippen LogP contribution in [0, 0.1) is 11.3 Å². The van der Waals surface area contributed by atoms with E-state index in [9.17, 15) is 4.79 Å². The van der Waals surface area contributed by atoms with Crippen LogP contribution in [0.15, 0.2) is 22.7 Å². The van der Waals surface area contributed by atoms with E-state index in [4.69, 9.17) is 4.74 Å². The van der Waals surface area contributed by atoms with Gasteiger partial charge in [-0.05, 0) is 37.0 Å². The van der Waals surface area contributed by atoms with Crippen molar-refractivity contribution in [2.75, 3.05) is 30.4 Å². The summed E-state index contributed by atoms with van der Waals surface area (Å²) in [6.45, 7) is 8.34. The van der Waals surface area contributed by atoms with Crippen LogP contribution >= 0.6 is 15.9 Å². The zero-order valence-electron chi connectivity index (χ0n) is 13.5. The molecule has 5 heteroatoms. The first-order valence-electron chi connectivity index (χ1n) is 7.79. The summed E-state index contributed by atoms with van der Waals surface area (Å²) in [6.07, 6.45) is 2.18. The highest BCUT2D eigenvalue weighted by Gasteiger charge is 2.22. The molecule has 0 saturated carbocycles. The number of amides is 1. The van der Waals surface area contributed by atoms with E-state index in [0.29, 0.717) is 5.92 Å². The minimum Gasteiger partial charge on any atom is -0.383 e. The summed E-state index contributed by atoms with van der Waals surface area (Å²) >= 11 is 3.47. The molecule has 1 heterocycles. The Bertz CT molecular complexity index is 520. The molecule has 1 aromatic carbocycles. The molecule has 1 amide bonds. The van der Waals surface area contributed by atoms with Crippen LogP contribution in [-0.2, 0) is 9.53 Å². The van der Waals surface area contributed by atoms with Crippen molar-refractivity contribution in [3.05, 3.63) is 22.7 Å². The molecular weight excluding hydrogens is 344 g/mol. The smallest absolute Gasteiger partial charge is 0.229 e. The average molecular weight is 369 g/mol. The Hall–Kier alpha value is -1.07. The van der Waals surface area contributed by atoms with Gasteiger partial charge in [0.15, 0.2) is 0 Å². The van der Waals surface area contributed by atoms with Gasteiger partial charge in [0.05, 0.1) is 11.4 Å². The van der Waals surface area contributed by atoms with E-state index >= 15 is 0 Å². The standard InChI is InChI=1S/C17H25BrN2O2/c1-17(2,3)16(21)20-15-10-13(18)4-5-14(15)19-11-12-6-8-22-9-7-12/h4-5,10,12,19H,6-9,11H2,1-3H3,(H,20,21). The van der Waals surface area contributed by atoms with Crippen LogP contribution in [0.5, 0.6) is 0 Å². The predicted octanol–water partition coefficient (Wildman–Crippen LogP) is 4.27. The van der Waals surface area contributed by atoms with E-state index in [1.165, 1.54) is 0 Å². The maximum atomic E-state index is 12.2. The molecule has 0 spiro atoms. The lowest BCUT2D eigenvalue weighted by Gasteiger charge is -2.24. The molecule has 1 aliphatic rings. The number of hydrogen-bond acceptors (Lipinski definition) is 3. The fourth-order valence-electron chi connectivity index (χ4n) is 2.29. The van der Waals surface area contributed by atoms with Gasteiger partial charge >= 0.3 is 0 Å². The molecule has 122 valence electrons. The van der Waals surface area contributed by atoms with Crippen molar-refractivity contribution in [2.45, 2.75) is 33.6 Å². The van der Waals surface area contributed by atoms with Crippen molar-refractivity contribution in [1.29, 1.82) is 0 Å². The topological polar surface area (TPSA) is 50.4 Å². The molecule has 2 rings (SSSR count). The first-order valence-corrected chi connectivity index (χ1v) is 8.58. The summed E-state index contributed by atoms with van der Waals surface area (Å²) in [6, 6.07) is 5.93. The maximum Gasteiger partial charge on any atom is 0.229 e. The molecule has 1 aliphatic heterocycles. The van der Waals surface area contributed by atoms with Crippen LogP contribution in [0.3, 0.4) is 0 Å². The van der Waals surface area contributed by atoms with E-state index in [0.717, 1.165) is 48.4 Å². The lowest BCUT2D eigenvalue weighted by atomic mass is 9.95. The van der Waals surface area contributed by atoms with Crippen molar-refractivity contribution >= 4 is 33.2 Å². The van der Waals surface area contributed by atoms with Crippen molar-refractivity contribution in [2.24, 2.45) is 11.3 Å². The highest BCUT2D eigenvalue weighted by Crippen LogP contribution is 2.29. The van der Waals surface area contributed by atoms with Crippen LogP contribution in [0.25, 0.3) is 0 Å². The summed E-state index contributed by atoms with van der Waals surface area (Å²) in [5.41, 5.74) is 1.37. The molecule has 22 heavy (non-hydrogen) atoms. The largest absolute Gasteiger partial charge is 0.383 e. The van der Waals surface area contributed by atoms with Crippen molar-refractivity contribution in [3.8, 4) is 0 Å². The number of hydrogen-bond donors (Lipinski definition) is 2. The first kappa shape index (κ1) is 17.3. The predicted molar refractivity (Wildman–Crippen MR) is 94.3 cm³/mol. The number of benzene rings is 1. The Balaban J connectivity index is 2.05. The molecule has 4 nitrogen and oxygen atoms in total. The molecule has 0 unspecified atom stereocenters. The normalized spacial score (nSPS) is 16.4. The SMILES string of the molecule is CC(C)(C)C(=O)Nc1cc(Br)ccc1NCC1CCOCC1. The third-order valence-corrected chi connectivity index (χ3v) is 4.33. The Morgan fingerprint density at radius 2 is 1.95 bits per heavy atom. The monoisotopic (exact) mass is 368 g/mol. The molecule has 1 aromatic rings. The first-order chi connectivity index (χ1) is 10.4. The van der Waals surface area contributed by atoms with Gasteiger partial charge in [0, 0.05) is 29.6 Å². The van der Waals surface area contributed by atoms with Crippen LogP contribution in [-0.4, -0.2) is 25.7 Å². The number of ether oxygens (including phenoxy) is 1. The summed E-state index contributed by atoms with van der Waals surface area (Å²) in [5, 5.41) is 6.50. The molecule has 0 aromatic heterocycles. The third-order valence-electron chi connectivity index (χ3n) is 3.83. The summed E-state index contributed by atoms with van der Waals surface area (Å²) in [5.74, 6) is 0.642. The van der Waals surface area contributed by atoms with Crippen molar-refractivity contribution in [3.63, 3.8) is 0 Å². The van der Waals surface area contributed by atoms with E-state index in [2.05, 4.69) is 26.6 Å². The molecule has 0 aliphatic carbocycles. The van der Waals surface area contributed by atoms with Gasteiger partial charge in [-0.2, -0.15) is 0 Å². The van der Waals surface area contributed by atoms with Gasteiger partial charge in [0.25, 0.3) is 0 Å². The van der Waals surface area contributed by atoms with Gasteiger partial charge in [-0.15, -0.1) is 0 Å². The highest BCUT2D eigenvalue weighted by atomic mass is 79.9. The Labute approximate surface area is 141 Å². The fraction of sp³-hybridized carbons (Fsp3) is 0.588. The minimum absolute atomic E-state index is 0.0136. The summed E-state index contributed by atoms with van der Waals surface area (Å²) in [7, 11) is 0. The second kappa shape index (κ2) is 7.47. The molecule has 0 bridgehead atoms. The lowest BCUT2D eigenvalue weighted by Crippen LogP contribution is -2.28.